The molecule has 130 valence electrons. The second kappa shape index (κ2) is 7.21. The minimum atomic E-state index is -0.442. The molecule has 1 aromatic heterocycles. The molecule has 0 fully saturated rings. The van der Waals surface area contributed by atoms with E-state index in [2.05, 4.69) is 22.3 Å². The van der Waals surface area contributed by atoms with Crippen LogP contribution in [0.4, 0.5) is 0 Å². The largest absolute Gasteiger partial charge is 0.468 e. The number of hydrogen-bond donors (Lipinski definition) is 2. The lowest BCUT2D eigenvalue weighted by Crippen LogP contribution is -2.24. The summed E-state index contributed by atoms with van der Waals surface area (Å²) in [5.74, 6) is 0.274. The van der Waals surface area contributed by atoms with Gasteiger partial charge in [0.1, 0.15) is 17.6 Å². The summed E-state index contributed by atoms with van der Waals surface area (Å²) in [7, 11) is 0. The van der Waals surface area contributed by atoms with Crippen molar-refractivity contribution in [2.75, 3.05) is 6.61 Å². The van der Waals surface area contributed by atoms with Crippen LogP contribution in [0.5, 0.6) is 0 Å². The van der Waals surface area contributed by atoms with Crippen LogP contribution in [0.15, 0.2) is 51.2 Å². The predicted octanol–water partition coefficient (Wildman–Crippen LogP) is 2.16. The second-order valence-electron chi connectivity index (χ2n) is 5.76. The fourth-order valence-electron chi connectivity index (χ4n) is 3.02. The summed E-state index contributed by atoms with van der Waals surface area (Å²) >= 11 is 0. The van der Waals surface area contributed by atoms with Crippen LogP contribution in [0.3, 0.4) is 0 Å². The standard InChI is InChI=1S/C18H20N4O3/c1-2-24-17(23)13-10-25-15-9-12(11-6-4-3-5-7-11)8-14(16(13)15)21-22-18(19)20/h3-7,10,12H,2,8-9H2,1H3,(H4,19,20,22). The molecule has 0 bridgehead atoms. The van der Waals surface area contributed by atoms with Crippen molar-refractivity contribution in [3.05, 3.63) is 59.0 Å². The molecule has 0 aliphatic heterocycles. The van der Waals surface area contributed by atoms with Crippen molar-refractivity contribution in [1.29, 1.82) is 0 Å². The lowest BCUT2D eigenvalue weighted by Gasteiger charge is -2.23. The average Bonchev–Trinajstić information content (AvgIpc) is 3.04. The van der Waals surface area contributed by atoms with Crippen molar-refractivity contribution in [3.63, 3.8) is 0 Å². The lowest BCUT2D eigenvalue weighted by molar-refractivity contribution is 0.0525. The summed E-state index contributed by atoms with van der Waals surface area (Å²) in [5, 5.41) is 7.93. The minimum absolute atomic E-state index is 0.142. The molecule has 0 saturated heterocycles. The van der Waals surface area contributed by atoms with Gasteiger partial charge in [-0.05, 0) is 24.8 Å². The summed E-state index contributed by atoms with van der Waals surface area (Å²) in [5.41, 5.74) is 13.6. The van der Waals surface area contributed by atoms with Gasteiger partial charge in [-0.1, -0.05) is 30.3 Å². The number of ether oxygens (including phenoxy) is 1. The Hall–Kier alpha value is -3.09. The number of fused-ring (bicyclic) bond motifs is 1. The Kier molecular flexibility index (Phi) is 4.83. The third-order valence-electron chi connectivity index (χ3n) is 4.08. The Labute approximate surface area is 145 Å². The molecular formula is C18H20N4O3. The highest BCUT2D eigenvalue weighted by atomic mass is 16.5. The molecule has 7 nitrogen and oxygen atoms in total. The van der Waals surface area contributed by atoms with Crippen molar-refractivity contribution in [2.45, 2.75) is 25.7 Å². The van der Waals surface area contributed by atoms with E-state index in [1.807, 2.05) is 18.2 Å². The fraction of sp³-hybridized carbons (Fsp3) is 0.278. The van der Waals surface area contributed by atoms with Crippen molar-refractivity contribution < 1.29 is 13.9 Å². The van der Waals surface area contributed by atoms with Crippen LogP contribution in [0.1, 0.15) is 46.5 Å². The normalized spacial score (nSPS) is 17.8. The van der Waals surface area contributed by atoms with Gasteiger partial charge in [0.05, 0.1) is 17.9 Å². The monoisotopic (exact) mass is 340 g/mol. The molecule has 1 aliphatic rings. The first-order chi connectivity index (χ1) is 12.1. The number of carbonyl (C=O) groups is 1. The molecule has 0 saturated carbocycles. The SMILES string of the molecule is CCOC(=O)c1coc2c1C(=NN=C(N)N)CC(c1ccccc1)C2. The number of esters is 1. The number of carbonyl (C=O) groups excluding carboxylic acids is 1. The molecule has 0 amide bonds. The van der Waals surface area contributed by atoms with Crippen molar-refractivity contribution in [2.24, 2.45) is 21.7 Å². The summed E-state index contributed by atoms with van der Waals surface area (Å²) < 4.78 is 10.7. The van der Waals surface area contributed by atoms with Crippen LogP contribution in [-0.2, 0) is 11.2 Å². The first-order valence-electron chi connectivity index (χ1n) is 8.08. The van der Waals surface area contributed by atoms with Gasteiger partial charge in [0.15, 0.2) is 0 Å². The van der Waals surface area contributed by atoms with Crippen molar-refractivity contribution in [3.8, 4) is 0 Å². The van der Waals surface area contributed by atoms with E-state index in [4.69, 9.17) is 20.6 Å². The highest BCUT2D eigenvalue weighted by Crippen LogP contribution is 2.36. The lowest BCUT2D eigenvalue weighted by atomic mass is 9.81. The zero-order valence-corrected chi connectivity index (χ0v) is 13.9. The molecule has 7 heteroatoms. The molecule has 3 rings (SSSR count). The number of nitrogens with zero attached hydrogens (tertiary/aromatic N) is 2. The zero-order chi connectivity index (χ0) is 17.8. The number of benzene rings is 1. The van der Waals surface area contributed by atoms with Gasteiger partial charge in [0.2, 0.25) is 5.96 Å². The maximum atomic E-state index is 12.2. The summed E-state index contributed by atoms with van der Waals surface area (Å²) in [6.07, 6.45) is 2.68. The maximum absolute atomic E-state index is 12.2. The number of guanidine groups is 1. The number of hydrogen-bond acceptors (Lipinski definition) is 5. The molecule has 1 aliphatic carbocycles. The third-order valence-corrected chi connectivity index (χ3v) is 4.08. The highest BCUT2D eigenvalue weighted by Gasteiger charge is 2.32. The van der Waals surface area contributed by atoms with Gasteiger partial charge >= 0.3 is 5.97 Å². The van der Waals surface area contributed by atoms with Crippen LogP contribution in [0.2, 0.25) is 0 Å². The number of furan rings is 1. The molecular weight excluding hydrogens is 320 g/mol. The van der Waals surface area contributed by atoms with Gasteiger partial charge in [-0.15, -0.1) is 5.10 Å². The summed E-state index contributed by atoms with van der Waals surface area (Å²) in [6.45, 7) is 2.04. The number of nitrogens with two attached hydrogens (primary N) is 2. The zero-order valence-electron chi connectivity index (χ0n) is 13.9. The van der Waals surface area contributed by atoms with E-state index in [1.165, 1.54) is 11.8 Å². The van der Waals surface area contributed by atoms with Gasteiger partial charge in [-0.2, -0.15) is 5.10 Å². The molecule has 1 heterocycles. The Morgan fingerprint density at radius 3 is 2.72 bits per heavy atom. The van der Waals surface area contributed by atoms with Crippen LogP contribution < -0.4 is 11.5 Å². The third kappa shape index (κ3) is 3.55. The van der Waals surface area contributed by atoms with E-state index in [0.29, 0.717) is 35.4 Å². The second-order valence-corrected chi connectivity index (χ2v) is 5.76. The predicted molar refractivity (Wildman–Crippen MR) is 94.5 cm³/mol. The summed E-state index contributed by atoms with van der Waals surface area (Å²) in [4.78, 5) is 12.2. The van der Waals surface area contributed by atoms with E-state index >= 15 is 0 Å². The van der Waals surface area contributed by atoms with Gasteiger partial charge < -0.3 is 20.6 Å². The Balaban J connectivity index is 2.03. The fourth-order valence-corrected chi connectivity index (χ4v) is 3.02. The quantitative estimate of drug-likeness (QED) is 0.383. The van der Waals surface area contributed by atoms with Crippen molar-refractivity contribution >= 4 is 17.6 Å². The molecule has 1 aromatic carbocycles. The molecule has 1 atom stereocenters. The summed E-state index contributed by atoms with van der Waals surface area (Å²) in [6, 6.07) is 10.1. The molecule has 4 N–H and O–H groups in total. The van der Waals surface area contributed by atoms with Crippen molar-refractivity contribution in [1.82, 2.24) is 0 Å². The van der Waals surface area contributed by atoms with E-state index in [-0.39, 0.29) is 18.5 Å². The maximum Gasteiger partial charge on any atom is 0.342 e. The highest BCUT2D eigenvalue weighted by molar-refractivity contribution is 6.10. The van der Waals surface area contributed by atoms with E-state index in [1.54, 1.807) is 6.92 Å². The van der Waals surface area contributed by atoms with E-state index in [9.17, 15) is 4.79 Å². The Morgan fingerprint density at radius 1 is 1.28 bits per heavy atom. The Bertz CT molecular complexity index is 820. The molecule has 2 aromatic rings. The van der Waals surface area contributed by atoms with Gasteiger partial charge in [-0.25, -0.2) is 4.79 Å². The first kappa shape index (κ1) is 16.8. The van der Waals surface area contributed by atoms with Gasteiger partial charge in [0.25, 0.3) is 0 Å². The van der Waals surface area contributed by atoms with Crippen LogP contribution in [0.25, 0.3) is 0 Å². The van der Waals surface area contributed by atoms with Crippen LogP contribution in [-0.4, -0.2) is 24.2 Å². The molecule has 0 spiro atoms. The van der Waals surface area contributed by atoms with E-state index in [0.717, 1.165) is 0 Å². The minimum Gasteiger partial charge on any atom is -0.468 e. The van der Waals surface area contributed by atoms with Crippen LogP contribution in [0, 0.1) is 0 Å². The van der Waals surface area contributed by atoms with Crippen LogP contribution >= 0.6 is 0 Å². The van der Waals surface area contributed by atoms with E-state index < -0.39 is 5.97 Å². The Morgan fingerprint density at radius 2 is 2.04 bits per heavy atom. The average molecular weight is 340 g/mol. The van der Waals surface area contributed by atoms with Gasteiger partial charge in [-0.3, -0.25) is 0 Å². The van der Waals surface area contributed by atoms with Gasteiger partial charge in [0, 0.05) is 6.42 Å². The smallest absolute Gasteiger partial charge is 0.342 e. The molecule has 1 unspecified atom stereocenters. The topological polar surface area (TPSA) is 116 Å². The molecule has 0 radical (unpaired) electrons. The number of rotatable bonds is 4. The first-order valence-corrected chi connectivity index (χ1v) is 8.08. The molecule has 25 heavy (non-hydrogen) atoms.